The Morgan fingerprint density at radius 2 is 2.00 bits per heavy atom. The van der Waals surface area contributed by atoms with Crippen LogP contribution in [-0.2, 0) is 6.54 Å². The molecule has 0 bridgehead atoms. The van der Waals surface area contributed by atoms with Gasteiger partial charge in [-0.3, -0.25) is 0 Å². The number of nitrogens with one attached hydrogen (secondary N) is 1. The minimum Gasteiger partial charge on any atom is -0.497 e. The minimum atomic E-state index is 0.517. The van der Waals surface area contributed by atoms with Crippen LogP contribution in [0.4, 0.5) is 5.69 Å². The molecule has 2 heterocycles. The fourth-order valence-electron chi connectivity index (χ4n) is 3.48. The van der Waals surface area contributed by atoms with Gasteiger partial charge in [-0.05, 0) is 51.5 Å². The van der Waals surface area contributed by atoms with Crippen LogP contribution in [0.2, 0.25) is 0 Å². The Labute approximate surface area is 128 Å². The third kappa shape index (κ3) is 3.16. The lowest BCUT2D eigenvalue weighted by Crippen LogP contribution is -2.47. The smallest absolute Gasteiger partial charge is 0.120 e. The molecule has 0 radical (unpaired) electrons. The average Bonchev–Trinajstić information content (AvgIpc) is 2.67. The summed E-state index contributed by atoms with van der Waals surface area (Å²) in [5, 5.41) is 3.62. The summed E-state index contributed by atoms with van der Waals surface area (Å²) in [7, 11) is 3.97. The van der Waals surface area contributed by atoms with Crippen molar-refractivity contribution in [1.29, 1.82) is 0 Å². The highest BCUT2D eigenvalue weighted by atomic mass is 16.5. The lowest BCUT2D eigenvalue weighted by atomic mass is 10.0. The van der Waals surface area contributed by atoms with Crippen LogP contribution in [0.1, 0.15) is 25.3 Å². The largest absolute Gasteiger partial charge is 0.497 e. The zero-order valence-electron chi connectivity index (χ0n) is 13.4. The van der Waals surface area contributed by atoms with Crippen LogP contribution in [0.3, 0.4) is 0 Å². The molecular formula is C17H27N3O. The Morgan fingerprint density at radius 3 is 2.71 bits per heavy atom. The van der Waals surface area contributed by atoms with Gasteiger partial charge in [-0.1, -0.05) is 6.07 Å². The van der Waals surface area contributed by atoms with Gasteiger partial charge in [0.1, 0.15) is 5.75 Å². The second kappa shape index (κ2) is 6.24. The van der Waals surface area contributed by atoms with E-state index in [-0.39, 0.29) is 0 Å². The molecule has 1 N–H and O–H groups in total. The van der Waals surface area contributed by atoms with Crippen molar-refractivity contribution in [3.63, 3.8) is 0 Å². The molecule has 2 aliphatic heterocycles. The number of benzene rings is 1. The highest BCUT2D eigenvalue weighted by molar-refractivity contribution is 5.59. The lowest BCUT2D eigenvalue weighted by Gasteiger charge is -2.39. The molecule has 1 fully saturated rings. The van der Waals surface area contributed by atoms with Crippen molar-refractivity contribution >= 4 is 5.69 Å². The number of methoxy groups -OCH3 is 1. The Morgan fingerprint density at radius 1 is 1.24 bits per heavy atom. The monoisotopic (exact) mass is 289 g/mol. The van der Waals surface area contributed by atoms with Crippen molar-refractivity contribution in [1.82, 2.24) is 10.2 Å². The molecular weight excluding hydrogens is 262 g/mol. The molecule has 3 rings (SSSR count). The fourth-order valence-corrected chi connectivity index (χ4v) is 3.48. The van der Waals surface area contributed by atoms with Gasteiger partial charge >= 0.3 is 0 Å². The van der Waals surface area contributed by atoms with E-state index in [2.05, 4.69) is 47.3 Å². The van der Waals surface area contributed by atoms with E-state index in [1.807, 2.05) is 0 Å². The van der Waals surface area contributed by atoms with Crippen LogP contribution < -0.4 is 15.0 Å². The highest BCUT2D eigenvalue weighted by Gasteiger charge is 2.28. The van der Waals surface area contributed by atoms with Gasteiger partial charge in [0, 0.05) is 36.9 Å². The quantitative estimate of drug-likeness (QED) is 0.902. The Kier molecular flexibility index (Phi) is 4.36. The maximum Gasteiger partial charge on any atom is 0.120 e. The highest BCUT2D eigenvalue weighted by Crippen LogP contribution is 2.32. The van der Waals surface area contributed by atoms with Gasteiger partial charge in [-0.2, -0.15) is 0 Å². The summed E-state index contributed by atoms with van der Waals surface area (Å²) in [5.74, 6) is 0.959. The summed E-state index contributed by atoms with van der Waals surface area (Å²) in [6.07, 6.45) is 2.50. The number of ether oxygens (including phenoxy) is 1. The van der Waals surface area contributed by atoms with Crippen molar-refractivity contribution in [2.45, 2.75) is 38.4 Å². The summed E-state index contributed by atoms with van der Waals surface area (Å²) < 4.78 is 5.45. The van der Waals surface area contributed by atoms with Gasteiger partial charge in [0.25, 0.3) is 0 Å². The molecule has 0 aromatic heterocycles. The van der Waals surface area contributed by atoms with Gasteiger partial charge in [0.2, 0.25) is 0 Å². The van der Waals surface area contributed by atoms with E-state index < -0.39 is 0 Å². The third-order valence-electron chi connectivity index (χ3n) is 4.84. The molecule has 0 amide bonds. The van der Waals surface area contributed by atoms with Gasteiger partial charge < -0.3 is 19.9 Å². The number of likely N-dealkylation sites (tertiary alicyclic amines) is 1. The molecule has 116 valence electrons. The minimum absolute atomic E-state index is 0.517. The Balaban J connectivity index is 1.90. The number of piperidine rings is 1. The van der Waals surface area contributed by atoms with Crippen molar-refractivity contribution < 1.29 is 4.74 Å². The van der Waals surface area contributed by atoms with E-state index in [0.717, 1.165) is 18.8 Å². The summed E-state index contributed by atoms with van der Waals surface area (Å²) in [6, 6.07) is 7.66. The molecule has 1 aromatic carbocycles. The van der Waals surface area contributed by atoms with Gasteiger partial charge in [-0.15, -0.1) is 0 Å². The van der Waals surface area contributed by atoms with E-state index in [1.165, 1.54) is 37.2 Å². The van der Waals surface area contributed by atoms with Crippen LogP contribution in [-0.4, -0.2) is 50.8 Å². The van der Waals surface area contributed by atoms with Gasteiger partial charge in [0.05, 0.1) is 7.11 Å². The average molecular weight is 289 g/mol. The van der Waals surface area contributed by atoms with Crippen LogP contribution >= 0.6 is 0 Å². The molecule has 1 atom stereocenters. The Hall–Kier alpha value is -1.26. The zero-order valence-corrected chi connectivity index (χ0v) is 13.4. The van der Waals surface area contributed by atoms with Crippen LogP contribution in [0, 0.1) is 0 Å². The topological polar surface area (TPSA) is 27.7 Å². The number of rotatable bonds is 2. The maximum absolute atomic E-state index is 5.45. The molecule has 1 saturated heterocycles. The molecule has 21 heavy (non-hydrogen) atoms. The zero-order chi connectivity index (χ0) is 14.8. The summed E-state index contributed by atoms with van der Waals surface area (Å²) >= 11 is 0. The predicted octanol–water partition coefficient (Wildman–Crippen LogP) is 2.09. The SMILES string of the molecule is COc1ccc2c(c1)N(C1CCN(C)CC1)CC(C)NC2. The van der Waals surface area contributed by atoms with Crippen molar-refractivity contribution in [2.24, 2.45) is 0 Å². The predicted molar refractivity (Wildman–Crippen MR) is 87.2 cm³/mol. The summed E-state index contributed by atoms with van der Waals surface area (Å²) in [6.45, 7) is 6.70. The van der Waals surface area contributed by atoms with Crippen molar-refractivity contribution in [3.8, 4) is 5.75 Å². The summed E-state index contributed by atoms with van der Waals surface area (Å²) in [5.41, 5.74) is 2.75. The fraction of sp³-hybridized carbons (Fsp3) is 0.647. The molecule has 0 saturated carbocycles. The maximum atomic E-state index is 5.45. The number of fused-ring (bicyclic) bond motifs is 1. The second-order valence-corrected chi connectivity index (χ2v) is 6.46. The number of anilines is 1. The molecule has 0 spiro atoms. The van der Waals surface area contributed by atoms with E-state index in [0.29, 0.717) is 12.1 Å². The van der Waals surface area contributed by atoms with Crippen LogP contribution in [0.5, 0.6) is 5.75 Å². The third-order valence-corrected chi connectivity index (χ3v) is 4.84. The van der Waals surface area contributed by atoms with Crippen LogP contribution in [0.15, 0.2) is 18.2 Å². The van der Waals surface area contributed by atoms with E-state index >= 15 is 0 Å². The first-order valence-corrected chi connectivity index (χ1v) is 8.03. The molecule has 4 heteroatoms. The van der Waals surface area contributed by atoms with E-state index in [1.54, 1.807) is 7.11 Å². The van der Waals surface area contributed by atoms with Crippen molar-refractivity contribution in [3.05, 3.63) is 23.8 Å². The number of nitrogens with zero attached hydrogens (tertiary/aromatic N) is 2. The van der Waals surface area contributed by atoms with Crippen molar-refractivity contribution in [2.75, 3.05) is 38.7 Å². The molecule has 4 nitrogen and oxygen atoms in total. The number of hydrogen-bond donors (Lipinski definition) is 1. The summed E-state index contributed by atoms with van der Waals surface area (Å²) in [4.78, 5) is 5.05. The normalized spacial score (nSPS) is 24.5. The van der Waals surface area contributed by atoms with E-state index in [4.69, 9.17) is 4.74 Å². The molecule has 1 unspecified atom stereocenters. The number of hydrogen-bond acceptors (Lipinski definition) is 4. The Bertz CT molecular complexity index is 483. The lowest BCUT2D eigenvalue weighted by molar-refractivity contribution is 0.248. The van der Waals surface area contributed by atoms with E-state index in [9.17, 15) is 0 Å². The van der Waals surface area contributed by atoms with Gasteiger partial charge in [-0.25, -0.2) is 0 Å². The standard InChI is InChI=1S/C17H27N3O/c1-13-12-20(15-6-8-19(2)9-7-15)17-10-16(21-3)5-4-14(17)11-18-13/h4-5,10,13,15,18H,6-9,11-12H2,1-3H3. The first-order chi connectivity index (χ1) is 10.2. The molecule has 0 aliphatic carbocycles. The molecule has 2 aliphatic rings. The van der Waals surface area contributed by atoms with Crippen LogP contribution in [0.25, 0.3) is 0 Å². The first kappa shape index (κ1) is 14.7. The molecule has 1 aromatic rings. The van der Waals surface area contributed by atoms with Gasteiger partial charge in [0.15, 0.2) is 0 Å². The first-order valence-electron chi connectivity index (χ1n) is 8.03. The second-order valence-electron chi connectivity index (χ2n) is 6.46.